The van der Waals surface area contributed by atoms with Crippen molar-refractivity contribution in [1.82, 2.24) is 9.88 Å². The average Bonchev–Trinajstić information content (AvgIpc) is 3.10. The Morgan fingerprint density at radius 3 is 2.42 bits per heavy atom. The molecule has 3 atom stereocenters. The molecule has 3 N–H and O–H groups in total. The van der Waals surface area contributed by atoms with Crippen molar-refractivity contribution in [2.45, 2.75) is 63.1 Å². The van der Waals surface area contributed by atoms with Gasteiger partial charge in [0.05, 0.1) is 17.5 Å². The molecule has 2 saturated carbocycles. The molecule has 1 unspecified atom stereocenters. The molecule has 2 heterocycles. The summed E-state index contributed by atoms with van der Waals surface area (Å²) in [5.74, 6) is 1.96. The molecule has 0 spiro atoms. The van der Waals surface area contributed by atoms with Crippen LogP contribution in [0.5, 0.6) is 5.75 Å². The summed E-state index contributed by atoms with van der Waals surface area (Å²) in [7, 11) is 0. The zero-order valence-electron chi connectivity index (χ0n) is 15.6. The largest absolute Gasteiger partial charge is 0.506 e. The lowest BCUT2D eigenvalue weighted by atomic mass is 9.79. The molecule has 0 amide bonds. The summed E-state index contributed by atoms with van der Waals surface area (Å²) >= 11 is 0. The first kappa shape index (κ1) is 18.2. The molecule has 3 fully saturated rings. The number of hydrogen-bond acceptors (Lipinski definition) is 5. The fourth-order valence-corrected chi connectivity index (χ4v) is 5.73. The molecular formula is C21H32N2O3. The highest BCUT2D eigenvalue weighted by Crippen LogP contribution is 2.48. The summed E-state index contributed by atoms with van der Waals surface area (Å²) in [6.07, 6.45) is 10.3. The number of rotatable bonds is 5. The molecular weight excluding hydrogens is 328 g/mol. The highest BCUT2D eigenvalue weighted by atomic mass is 16.3. The Kier molecular flexibility index (Phi) is 5.22. The van der Waals surface area contributed by atoms with Gasteiger partial charge in [0, 0.05) is 19.6 Å². The number of aliphatic hydroxyl groups is 2. The summed E-state index contributed by atoms with van der Waals surface area (Å²) < 4.78 is 0. The Hall–Kier alpha value is -1.17. The van der Waals surface area contributed by atoms with E-state index < -0.39 is 11.7 Å². The van der Waals surface area contributed by atoms with Crippen molar-refractivity contribution in [1.29, 1.82) is 0 Å². The molecule has 26 heavy (non-hydrogen) atoms. The van der Waals surface area contributed by atoms with E-state index >= 15 is 0 Å². The van der Waals surface area contributed by atoms with Crippen LogP contribution in [0.25, 0.3) is 0 Å². The van der Waals surface area contributed by atoms with E-state index in [4.69, 9.17) is 0 Å². The number of aliphatic hydroxyl groups excluding tert-OH is 1. The van der Waals surface area contributed by atoms with Crippen LogP contribution in [0.2, 0.25) is 0 Å². The second-order valence-corrected chi connectivity index (χ2v) is 9.04. The van der Waals surface area contributed by atoms with Crippen LogP contribution in [0, 0.1) is 17.8 Å². The molecule has 5 nitrogen and oxygen atoms in total. The Morgan fingerprint density at radius 2 is 1.81 bits per heavy atom. The van der Waals surface area contributed by atoms with Crippen LogP contribution in [0.3, 0.4) is 0 Å². The summed E-state index contributed by atoms with van der Waals surface area (Å²) in [6, 6.07) is 3.25. The minimum Gasteiger partial charge on any atom is -0.506 e. The van der Waals surface area contributed by atoms with Gasteiger partial charge in [-0.2, -0.15) is 0 Å². The average molecular weight is 360 g/mol. The standard InChI is InChI=1S/C21H32N2O3/c24-18-6-7-19(22-11-18)20(25)14-23-12-16-9-21(26,10-17(16)13-23)8-15-4-2-1-3-5-15/h6-7,11,15-17,20,24-26H,1-5,8-10,12-14H2/t16-,17-,20?/m0/s1. The summed E-state index contributed by atoms with van der Waals surface area (Å²) in [6.45, 7) is 2.51. The highest BCUT2D eigenvalue weighted by molar-refractivity contribution is 5.19. The van der Waals surface area contributed by atoms with E-state index in [2.05, 4.69) is 9.88 Å². The predicted octanol–water partition coefficient (Wildman–Crippen LogP) is 2.86. The van der Waals surface area contributed by atoms with E-state index in [0.29, 0.717) is 24.1 Å². The topological polar surface area (TPSA) is 76.8 Å². The van der Waals surface area contributed by atoms with Crippen molar-refractivity contribution in [3.8, 4) is 5.75 Å². The number of nitrogens with zero attached hydrogens (tertiary/aromatic N) is 2. The van der Waals surface area contributed by atoms with E-state index in [1.807, 2.05) is 0 Å². The van der Waals surface area contributed by atoms with Gasteiger partial charge in [0.2, 0.25) is 0 Å². The Morgan fingerprint density at radius 1 is 1.12 bits per heavy atom. The third kappa shape index (κ3) is 4.05. The number of pyridine rings is 1. The molecule has 0 radical (unpaired) electrons. The van der Waals surface area contributed by atoms with Crippen molar-refractivity contribution in [3.63, 3.8) is 0 Å². The number of likely N-dealkylation sites (tertiary alicyclic amines) is 1. The molecule has 1 aliphatic heterocycles. The monoisotopic (exact) mass is 360 g/mol. The fraction of sp³-hybridized carbons (Fsp3) is 0.762. The number of aromatic nitrogens is 1. The van der Waals surface area contributed by atoms with Crippen LogP contribution in [0.15, 0.2) is 18.3 Å². The van der Waals surface area contributed by atoms with Gasteiger partial charge in [0.1, 0.15) is 11.9 Å². The van der Waals surface area contributed by atoms with E-state index in [-0.39, 0.29) is 5.75 Å². The van der Waals surface area contributed by atoms with E-state index in [9.17, 15) is 15.3 Å². The molecule has 1 aromatic rings. The van der Waals surface area contributed by atoms with Crippen LogP contribution < -0.4 is 0 Å². The summed E-state index contributed by atoms with van der Waals surface area (Å²) in [5, 5.41) is 30.9. The normalized spacial score (nSPS) is 30.4. The maximum absolute atomic E-state index is 11.1. The molecule has 0 aromatic carbocycles. The molecule has 4 rings (SSSR count). The van der Waals surface area contributed by atoms with Gasteiger partial charge in [-0.05, 0) is 49.1 Å². The molecule has 3 aliphatic rings. The van der Waals surface area contributed by atoms with Gasteiger partial charge < -0.3 is 15.3 Å². The molecule has 0 bridgehead atoms. The Bertz CT molecular complexity index is 586. The second kappa shape index (κ2) is 7.45. The van der Waals surface area contributed by atoms with Crippen LogP contribution in [-0.2, 0) is 0 Å². The van der Waals surface area contributed by atoms with Crippen molar-refractivity contribution in [3.05, 3.63) is 24.0 Å². The lowest BCUT2D eigenvalue weighted by molar-refractivity contribution is 0.00454. The Labute approximate surface area is 156 Å². The van der Waals surface area contributed by atoms with E-state index in [0.717, 1.165) is 38.3 Å². The van der Waals surface area contributed by atoms with Gasteiger partial charge in [-0.3, -0.25) is 9.88 Å². The molecule has 144 valence electrons. The van der Waals surface area contributed by atoms with Crippen LogP contribution >= 0.6 is 0 Å². The smallest absolute Gasteiger partial charge is 0.133 e. The van der Waals surface area contributed by atoms with Gasteiger partial charge in [0.15, 0.2) is 0 Å². The Balaban J connectivity index is 1.28. The fourth-order valence-electron chi connectivity index (χ4n) is 5.73. The second-order valence-electron chi connectivity index (χ2n) is 9.04. The quantitative estimate of drug-likeness (QED) is 0.753. The molecule has 1 aromatic heterocycles. The van der Waals surface area contributed by atoms with Crippen molar-refractivity contribution in [2.75, 3.05) is 19.6 Å². The first-order valence-corrected chi connectivity index (χ1v) is 10.3. The van der Waals surface area contributed by atoms with Crippen LogP contribution in [0.4, 0.5) is 0 Å². The van der Waals surface area contributed by atoms with Gasteiger partial charge in [-0.1, -0.05) is 32.1 Å². The molecule has 2 aliphatic carbocycles. The molecule has 1 saturated heterocycles. The van der Waals surface area contributed by atoms with Crippen LogP contribution in [-0.4, -0.2) is 50.4 Å². The minimum absolute atomic E-state index is 0.119. The lowest BCUT2D eigenvalue weighted by Crippen LogP contribution is -2.34. The lowest BCUT2D eigenvalue weighted by Gasteiger charge is -2.32. The van der Waals surface area contributed by atoms with Gasteiger partial charge in [-0.25, -0.2) is 0 Å². The zero-order chi connectivity index (χ0) is 18.1. The maximum atomic E-state index is 11.1. The third-order valence-corrected chi connectivity index (χ3v) is 6.87. The maximum Gasteiger partial charge on any atom is 0.133 e. The highest BCUT2D eigenvalue weighted by Gasteiger charge is 2.48. The van der Waals surface area contributed by atoms with E-state index in [1.165, 1.54) is 38.3 Å². The minimum atomic E-state index is -0.629. The number of β-amino-alcohol motifs (C(OH)–C–C–N with tert-alkyl or cyclic N) is 1. The zero-order valence-corrected chi connectivity index (χ0v) is 15.6. The summed E-state index contributed by atoms with van der Waals surface area (Å²) in [5.41, 5.74) is 0.161. The predicted molar refractivity (Wildman–Crippen MR) is 99.7 cm³/mol. The van der Waals surface area contributed by atoms with Gasteiger partial charge in [-0.15, -0.1) is 0 Å². The number of fused-ring (bicyclic) bond motifs is 1. The summed E-state index contributed by atoms with van der Waals surface area (Å²) in [4.78, 5) is 6.43. The number of aromatic hydroxyl groups is 1. The van der Waals surface area contributed by atoms with Gasteiger partial charge in [0.25, 0.3) is 0 Å². The van der Waals surface area contributed by atoms with E-state index in [1.54, 1.807) is 12.1 Å². The van der Waals surface area contributed by atoms with Crippen molar-refractivity contribution < 1.29 is 15.3 Å². The van der Waals surface area contributed by atoms with Gasteiger partial charge >= 0.3 is 0 Å². The third-order valence-electron chi connectivity index (χ3n) is 6.87. The van der Waals surface area contributed by atoms with Crippen LogP contribution in [0.1, 0.15) is 63.2 Å². The first-order valence-electron chi connectivity index (χ1n) is 10.3. The van der Waals surface area contributed by atoms with Crippen molar-refractivity contribution in [2.24, 2.45) is 17.8 Å². The number of hydrogen-bond donors (Lipinski definition) is 3. The van der Waals surface area contributed by atoms with Crippen molar-refractivity contribution >= 4 is 0 Å². The molecule has 5 heteroatoms. The first-order chi connectivity index (χ1) is 12.5. The SMILES string of the molecule is Oc1ccc(C(O)CN2C[C@@H]3CC(O)(CC4CCCCC4)C[C@H]3C2)nc1.